The average Bonchev–Trinajstić information content (AvgIpc) is 2.94. The molecule has 0 unspecified atom stereocenters. The van der Waals surface area contributed by atoms with Gasteiger partial charge >= 0.3 is 5.97 Å². The molecule has 26 heavy (non-hydrogen) atoms. The number of carbonyl (C=O) groups excluding carboxylic acids is 2. The number of fused-ring (bicyclic) bond motifs is 1. The summed E-state index contributed by atoms with van der Waals surface area (Å²) in [4.78, 5) is 24.9. The number of hydrogen-bond acceptors (Lipinski definition) is 4. The minimum atomic E-state index is -0.573. The molecule has 3 rings (SSSR count). The second-order valence-electron chi connectivity index (χ2n) is 5.96. The molecule has 0 radical (unpaired) electrons. The predicted molar refractivity (Wildman–Crippen MR) is 107 cm³/mol. The maximum Gasteiger partial charge on any atom is 0.331 e. The first kappa shape index (κ1) is 18.4. The highest BCUT2D eigenvalue weighted by molar-refractivity contribution is 7.20. The molecule has 5 heteroatoms. The molecule has 0 saturated carbocycles. The van der Waals surface area contributed by atoms with Crippen molar-refractivity contribution in [3.63, 3.8) is 0 Å². The molecule has 3 nitrogen and oxygen atoms in total. The summed E-state index contributed by atoms with van der Waals surface area (Å²) >= 11 is 7.83. The summed E-state index contributed by atoms with van der Waals surface area (Å²) in [6, 6.07) is 13.3. The summed E-state index contributed by atoms with van der Waals surface area (Å²) < 4.78 is 6.12. The fourth-order valence-electron chi connectivity index (χ4n) is 2.67. The molecular formula is C21H17ClO3S. The first-order chi connectivity index (χ1) is 12.5. The van der Waals surface area contributed by atoms with Crippen molar-refractivity contribution in [2.75, 3.05) is 6.61 Å². The maximum atomic E-state index is 12.2. The lowest BCUT2D eigenvalue weighted by atomic mass is 10.0. The zero-order chi connectivity index (χ0) is 18.7. The maximum absolute atomic E-state index is 12.2. The van der Waals surface area contributed by atoms with E-state index in [1.165, 1.54) is 17.4 Å². The van der Waals surface area contributed by atoms with E-state index >= 15 is 0 Å². The molecule has 3 aromatic rings. The van der Waals surface area contributed by atoms with Gasteiger partial charge in [0.25, 0.3) is 0 Å². The Kier molecular flexibility index (Phi) is 5.55. The minimum absolute atomic E-state index is 0.218. The van der Waals surface area contributed by atoms with Gasteiger partial charge in [-0.2, -0.15) is 0 Å². The minimum Gasteiger partial charge on any atom is -0.454 e. The predicted octanol–water partition coefficient (Wildman–Crippen LogP) is 5.61. The molecule has 0 amide bonds. The van der Waals surface area contributed by atoms with Crippen LogP contribution in [0.15, 0.2) is 48.5 Å². The van der Waals surface area contributed by atoms with Gasteiger partial charge in [-0.3, -0.25) is 4.79 Å². The molecule has 0 fully saturated rings. The highest BCUT2D eigenvalue weighted by Gasteiger charge is 2.12. The largest absolute Gasteiger partial charge is 0.454 e. The summed E-state index contributed by atoms with van der Waals surface area (Å²) in [7, 11) is 0. The van der Waals surface area contributed by atoms with E-state index in [1.807, 2.05) is 50.2 Å². The van der Waals surface area contributed by atoms with Crippen LogP contribution in [0.1, 0.15) is 26.4 Å². The Hall–Kier alpha value is -2.43. The van der Waals surface area contributed by atoms with Crippen molar-refractivity contribution < 1.29 is 14.3 Å². The smallest absolute Gasteiger partial charge is 0.331 e. The molecule has 0 N–H and O–H groups in total. The standard InChI is InChI=1S/C21H17ClO3S/c1-13-7-8-15(14(2)11-13)17(23)12-25-20(24)10-9-19-21(22)16-5-3-4-6-18(16)26-19/h3-11H,12H2,1-2H3/b10-9+. The lowest BCUT2D eigenvalue weighted by Gasteiger charge is -2.06. The number of thiophene rings is 1. The van der Waals surface area contributed by atoms with Crippen molar-refractivity contribution >= 4 is 50.9 Å². The Morgan fingerprint density at radius 2 is 1.92 bits per heavy atom. The number of benzene rings is 2. The SMILES string of the molecule is Cc1ccc(C(=O)COC(=O)/C=C/c2sc3ccccc3c2Cl)c(C)c1. The zero-order valence-electron chi connectivity index (χ0n) is 14.4. The van der Waals surface area contributed by atoms with Crippen LogP contribution in [0, 0.1) is 13.8 Å². The number of aryl methyl sites for hydroxylation is 2. The lowest BCUT2D eigenvalue weighted by molar-refractivity contribution is -0.136. The first-order valence-corrected chi connectivity index (χ1v) is 9.27. The van der Waals surface area contributed by atoms with E-state index in [-0.39, 0.29) is 12.4 Å². The van der Waals surface area contributed by atoms with E-state index < -0.39 is 5.97 Å². The van der Waals surface area contributed by atoms with Crippen LogP contribution in [0.2, 0.25) is 5.02 Å². The monoisotopic (exact) mass is 384 g/mol. The topological polar surface area (TPSA) is 43.4 Å². The number of ether oxygens (including phenoxy) is 1. The van der Waals surface area contributed by atoms with Crippen LogP contribution in [-0.2, 0) is 9.53 Å². The van der Waals surface area contributed by atoms with Crippen LogP contribution in [0.3, 0.4) is 0 Å². The van der Waals surface area contributed by atoms with Crippen molar-refractivity contribution in [1.82, 2.24) is 0 Å². The highest BCUT2D eigenvalue weighted by atomic mass is 35.5. The third kappa shape index (κ3) is 4.03. The summed E-state index contributed by atoms with van der Waals surface area (Å²) in [5, 5.41) is 1.57. The number of rotatable bonds is 5. The molecule has 0 aliphatic carbocycles. The molecule has 1 aromatic heterocycles. The fraction of sp³-hybridized carbons (Fsp3) is 0.143. The number of ketones is 1. The number of hydrogen-bond donors (Lipinski definition) is 0. The second kappa shape index (κ2) is 7.85. The van der Waals surface area contributed by atoms with Gasteiger partial charge < -0.3 is 4.74 Å². The van der Waals surface area contributed by atoms with Gasteiger partial charge in [-0.05, 0) is 31.6 Å². The summed E-state index contributed by atoms with van der Waals surface area (Å²) in [5.74, 6) is -0.791. The quantitative estimate of drug-likeness (QED) is 0.326. The van der Waals surface area contributed by atoms with E-state index in [2.05, 4.69) is 0 Å². The lowest BCUT2D eigenvalue weighted by Crippen LogP contribution is -2.13. The highest BCUT2D eigenvalue weighted by Crippen LogP contribution is 2.35. The molecular weight excluding hydrogens is 368 g/mol. The van der Waals surface area contributed by atoms with E-state index in [0.717, 1.165) is 26.1 Å². The van der Waals surface area contributed by atoms with Crippen LogP contribution in [0.4, 0.5) is 0 Å². The molecule has 132 valence electrons. The second-order valence-corrected chi connectivity index (χ2v) is 7.42. The molecule has 0 aliphatic heterocycles. The molecule has 0 saturated heterocycles. The summed E-state index contributed by atoms with van der Waals surface area (Å²) in [6.45, 7) is 3.55. The van der Waals surface area contributed by atoms with Crippen molar-refractivity contribution in [2.45, 2.75) is 13.8 Å². The van der Waals surface area contributed by atoms with E-state index in [9.17, 15) is 9.59 Å². The summed E-state index contributed by atoms with van der Waals surface area (Å²) in [5.41, 5.74) is 2.53. The molecule has 2 aromatic carbocycles. The molecule has 0 atom stereocenters. The van der Waals surface area contributed by atoms with Crippen molar-refractivity contribution in [3.05, 3.63) is 75.1 Å². The molecule has 0 bridgehead atoms. The van der Waals surface area contributed by atoms with Crippen molar-refractivity contribution in [3.8, 4) is 0 Å². The number of carbonyl (C=O) groups is 2. The van der Waals surface area contributed by atoms with Gasteiger partial charge in [0.15, 0.2) is 6.61 Å². The normalized spacial score (nSPS) is 11.2. The van der Waals surface area contributed by atoms with Gasteiger partial charge in [-0.15, -0.1) is 11.3 Å². The van der Waals surface area contributed by atoms with E-state index in [4.69, 9.17) is 16.3 Å². The average molecular weight is 385 g/mol. The van der Waals surface area contributed by atoms with Gasteiger partial charge in [-0.25, -0.2) is 4.79 Å². The molecule has 1 heterocycles. The van der Waals surface area contributed by atoms with Crippen molar-refractivity contribution in [2.24, 2.45) is 0 Å². The van der Waals surface area contributed by atoms with Crippen LogP contribution in [0.25, 0.3) is 16.2 Å². The van der Waals surface area contributed by atoms with Gasteiger partial charge in [-0.1, -0.05) is 53.6 Å². The van der Waals surface area contributed by atoms with Crippen molar-refractivity contribution in [1.29, 1.82) is 0 Å². The van der Waals surface area contributed by atoms with Crippen LogP contribution >= 0.6 is 22.9 Å². The molecule has 0 aliphatic rings. The Balaban J connectivity index is 1.64. The first-order valence-electron chi connectivity index (χ1n) is 8.08. The third-order valence-electron chi connectivity index (χ3n) is 3.96. The van der Waals surface area contributed by atoms with Crippen LogP contribution in [-0.4, -0.2) is 18.4 Å². The Bertz CT molecular complexity index is 1020. The summed E-state index contributed by atoms with van der Waals surface area (Å²) in [6.07, 6.45) is 2.92. The van der Waals surface area contributed by atoms with Gasteiger partial charge in [0.05, 0.1) is 5.02 Å². The number of halogens is 1. The number of esters is 1. The Labute approximate surface area is 160 Å². The third-order valence-corrected chi connectivity index (χ3v) is 5.61. The van der Waals surface area contributed by atoms with Gasteiger partial charge in [0.1, 0.15) is 0 Å². The number of Topliss-reactive ketones (excluding diaryl/α,β-unsaturated/α-hetero) is 1. The van der Waals surface area contributed by atoms with Gasteiger partial charge in [0, 0.05) is 26.6 Å². The van der Waals surface area contributed by atoms with E-state index in [0.29, 0.717) is 10.6 Å². The van der Waals surface area contributed by atoms with E-state index in [1.54, 1.807) is 12.1 Å². The van der Waals surface area contributed by atoms with Gasteiger partial charge in [0.2, 0.25) is 5.78 Å². The van der Waals surface area contributed by atoms with Crippen LogP contribution in [0.5, 0.6) is 0 Å². The van der Waals surface area contributed by atoms with Crippen LogP contribution < -0.4 is 0 Å². The fourth-order valence-corrected chi connectivity index (χ4v) is 4.07. The molecule has 0 spiro atoms. The Morgan fingerprint density at radius 3 is 2.65 bits per heavy atom. The zero-order valence-corrected chi connectivity index (χ0v) is 16.0. The Morgan fingerprint density at radius 1 is 1.15 bits per heavy atom.